The van der Waals surface area contributed by atoms with Crippen LogP contribution >= 0.6 is 0 Å². The molecule has 1 unspecified atom stereocenters. The van der Waals surface area contributed by atoms with E-state index in [0.717, 1.165) is 56.1 Å². The third kappa shape index (κ3) is 7.62. The van der Waals surface area contributed by atoms with Crippen molar-refractivity contribution in [1.29, 1.82) is 0 Å². The molecule has 3 fully saturated rings. The molecule has 4 heterocycles. The quantitative estimate of drug-likeness (QED) is 0.256. The monoisotopic (exact) mass is 730 g/mol. The molecule has 0 amide bonds. The van der Waals surface area contributed by atoms with Crippen LogP contribution < -0.4 is 9.80 Å². The predicted molar refractivity (Wildman–Crippen MR) is 188 cm³/mol. The molecule has 7 nitrogen and oxygen atoms in total. The first-order valence-electron chi connectivity index (χ1n) is 18.5. The Morgan fingerprint density at radius 2 is 1.44 bits per heavy atom. The Balaban J connectivity index is 1.25. The predicted octanol–water partition coefficient (Wildman–Crippen LogP) is 8.38. The summed E-state index contributed by atoms with van der Waals surface area (Å²) in [6.07, 6.45) is -2.05. The molecule has 52 heavy (non-hydrogen) atoms. The molecule has 1 saturated carbocycles. The molecule has 13 heteroatoms. The largest absolute Gasteiger partial charge is 0.416 e. The number of aliphatic hydroxyl groups is 1. The van der Waals surface area contributed by atoms with Crippen LogP contribution in [0.5, 0.6) is 0 Å². The lowest BCUT2D eigenvalue weighted by Crippen LogP contribution is -2.44. The average molecular weight is 731 g/mol. The number of aromatic nitrogens is 3. The molecule has 0 radical (unpaired) electrons. The van der Waals surface area contributed by atoms with Gasteiger partial charge in [-0.15, -0.1) is 0 Å². The van der Waals surface area contributed by atoms with Crippen molar-refractivity contribution in [3.8, 4) is 0 Å². The number of anilines is 2. The zero-order valence-corrected chi connectivity index (χ0v) is 30.1. The van der Waals surface area contributed by atoms with Crippen LogP contribution in [0, 0.1) is 5.41 Å². The molecule has 2 aliphatic carbocycles. The molecule has 0 bridgehead atoms. The Labute approximate surface area is 301 Å². The third-order valence-electron chi connectivity index (χ3n) is 11.7. The van der Waals surface area contributed by atoms with E-state index in [1.165, 1.54) is 0 Å². The second-order valence-electron chi connectivity index (χ2n) is 16.2. The van der Waals surface area contributed by atoms with Gasteiger partial charge in [-0.3, -0.25) is 4.98 Å². The van der Waals surface area contributed by atoms with Gasteiger partial charge in [0.05, 0.1) is 35.4 Å². The van der Waals surface area contributed by atoms with E-state index < -0.39 is 35.9 Å². The lowest BCUT2D eigenvalue weighted by molar-refractivity contribution is -0.137. The summed E-state index contributed by atoms with van der Waals surface area (Å²) in [7, 11) is 2.10. The molecule has 2 aromatic heterocycles. The fraction of sp³-hybridized carbons (Fsp3) is 0.615. The van der Waals surface area contributed by atoms with Crippen LogP contribution in [0.25, 0.3) is 0 Å². The molecule has 282 valence electrons. The van der Waals surface area contributed by atoms with Crippen LogP contribution in [0.2, 0.25) is 0 Å². The lowest BCUT2D eigenvalue weighted by Gasteiger charge is -2.41. The summed E-state index contributed by atoms with van der Waals surface area (Å²) in [6, 6.07) is 4.06. The first-order chi connectivity index (χ1) is 24.6. The number of alkyl halides is 6. The normalized spacial score (nSPS) is 23.8. The summed E-state index contributed by atoms with van der Waals surface area (Å²) in [5.74, 6) is -2.87. The van der Waals surface area contributed by atoms with Gasteiger partial charge in [0.1, 0.15) is 0 Å². The lowest BCUT2D eigenvalue weighted by atomic mass is 9.68. The molecular weight excluding hydrogens is 682 g/mol. The third-order valence-corrected chi connectivity index (χ3v) is 11.7. The molecule has 3 aromatic rings. The molecule has 2 atom stereocenters. The van der Waals surface area contributed by atoms with Crippen LogP contribution in [0.4, 0.5) is 38.0 Å². The number of nitrogens with zero attached hydrogens (tertiary/aromatic N) is 6. The van der Waals surface area contributed by atoms with Gasteiger partial charge in [-0.25, -0.2) is 23.1 Å². The Kier molecular flexibility index (Phi) is 9.99. The number of piperazine rings is 1. The second kappa shape index (κ2) is 14.1. The number of benzene rings is 1. The minimum Gasteiger partial charge on any atom is -0.388 e. The smallest absolute Gasteiger partial charge is 0.388 e. The van der Waals surface area contributed by atoms with E-state index in [2.05, 4.69) is 31.7 Å². The minimum absolute atomic E-state index is 0.0373. The number of halogens is 6. The molecule has 2 saturated heterocycles. The van der Waals surface area contributed by atoms with Crippen molar-refractivity contribution in [3.63, 3.8) is 0 Å². The first kappa shape index (κ1) is 36.9. The van der Waals surface area contributed by atoms with E-state index >= 15 is 4.39 Å². The van der Waals surface area contributed by atoms with E-state index in [-0.39, 0.29) is 48.1 Å². The SMILES string of the molecule is CN1CCN(c2cnc(N3CCC(c4nc5c(c(C6CCC(F)(F)CC6)c4C(F)c4ccc(C(F)(F)F)cc4)[C@@H](O)CC(C)(C)C5)CC3)nc2)CC1. The highest BCUT2D eigenvalue weighted by molar-refractivity contribution is 5.52. The number of likely N-dealkylation sites (N-methyl/N-ethyl adjacent to an activating group) is 1. The minimum atomic E-state index is -4.58. The van der Waals surface area contributed by atoms with Gasteiger partial charge < -0.3 is 19.8 Å². The molecule has 7 rings (SSSR count). The Bertz CT molecular complexity index is 1710. The van der Waals surface area contributed by atoms with E-state index in [4.69, 9.17) is 4.98 Å². The molecule has 1 N–H and O–H groups in total. The zero-order chi connectivity index (χ0) is 37.0. The maximum Gasteiger partial charge on any atom is 0.416 e. The summed E-state index contributed by atoms with van der Waals surface area (Å²) < 4.78 is 86.7. The van der Waals surface area contributed by atoms with Gasteiger partial charge in [0.25, 0.3) is 0 Å². The van der Waals surface area contributed by atoms with Gasteiger partial charge in [-0.1, -0.05) is 26.0 Å². The van der Waals surface area contributed by atoms with Crippen molar-refractivity contribution in [2.45, 2.75) is 101 Å². The van der Waals surface area contributed by atoms with Crippen molar-refractivity contribution >= 4 is 11.6 Å². The summed E-state index contributed by atoms with van der Waals surface area (Å²) in [5.41, 5.74) is 2.32. The zero-order valence-electron chi connectivity index (χ0n) is 30.1. The van der Waals surface area contributed by atoms with Gasteiger partial charge in [-0.05, 0) is 80.2 Å². The standard InChI is InChI=1S/C39H48F6N6O/c1-37(2)20-29-32(30(52)21-37)31(24-8-12-38(41,42)13-9-24)33(34(40)25-4-6-27(7-5-25)39(43,44)45)35(48-29)26-10-14-51(15-11-26)36-46-22-28(23-47-36)50-18-16-49(3)17-19-50/h4-7,22-24,26,30,34,52H,8-21H2,1-3H3/t30-,34?/m0/s1. The number of hydrogen-bond donors (Lipinski definition) is 1. The van der Waals surface area contributed by atoms with Gasteiger partial charge in [-0.2, -0.15) is 13.2 Å². The van der Waals surface area contributed by atoms with E-state index in [0.29, 0.717) is 67.2 Å². The Morgan fingerprint density at radius 1 is 0.827 bits per heavy atom. The van der Waals surface area contributed by atoms with Crippen molar-refractivity contribution in [2.24, 2.45) is 5.41 Å². The summed E-state index contributed by atoms with van der Waals surface area (Å²) in [5, 5.41) is 11.6. The van der Waals surface area contributed by atoms with Crippen LogP contribution in [0.15, 0.2) is 36.7 Å². The maximum absolute atomic E-state index is 17.3. The maximum atomic E-state index is 17.3. The highest BCUT2D eigenvalue weighted by atomic mass is 19.4. The van der Waals surface area contributed by atoms with Crippen LogP contribution in [0.3, 0.4) is 0 Å². The van der Waals surface area contributed by atoms with Crippen molar-refractivity contribution in [3.05, 3.63) is 75.9 Å². The van der Waals surface area contributed by atoms with Crippen LogP contribution in [0.1, 0.15) is 122 Å². The Morgan fingerprint density at radius 3 is 2.04 bits per heavy atom. The summed E-state index contributed by atoms with van der Waals surface area (Å²) in [6.45, 7) is 8.99. The number of aliphatic hydroxyl groups excluding tert-OH is 1. The second-order valence-corrected chi connectivity index (χ2v) is 16.2. The highest BCUT2D eigenvalue weighted by Crippen LogP contribution is 2.52. The summed E-state index contributed by atoms with van der Waals surface area (Å²) >= 11 is 0. The van der Waals surface area contributed by atoms with Crippen molar-refractivity contribution < 1.29 is 31.4 Å². The van der Waals surface area contributed by atoms with Crippen LogP contribution in [-0.4, -0.2) is 77.2 Å². The van der Waals surface area contributed by atoms with Gasteiger partial charge in [0.2, 0.25) is 11.9 Å². The number of pyridine rings is 1. The fourth-order valence-electron chi connectivity index (χ4n) is 8.77. The van der Waals surface area contributed by atoms with Crippen molar-refractivity contribution in [2.75, 3.05) is 56.1 Å². The Hall–Kier alpha value is -3.45. The molecule has 0 spiro atoms. The number of fused-ring (bicyclic) bond motifs is 1. The highest BCUT2D eigenvalue weighted by Gasteiger charge is 2.44. The van der Waals surface area contributed by atoms with E-state index in [9.17, 15) is 27.1 Å². The van der Waals surface area contributed by atoms with E-state index in [1.807, 2.05) is 26.2 Å². The van der Waals surface area contributed by atoms with Crippen LogP contribution in [-0.2, 0) is 12.6 Å². The number of rotatable bonds is 6. The van der Waals surface area contributed by atoms with E-state index in [1.54, 1.807) is 0 Å². The topological polar surface area (TPSA) is 68.6 Å². The van der Waals surface area contributed by atoms with Gasteiger partial charge in [0.15, 0.2) is 6.17 Å². The van der Waals surface area contributed by atoms with Gasteiger partial charge >= 0.3 is 6.18 Å². The number of piperidine rings is 1. The van der Waals surface area contributed by atoms with Gasteiger partial charge in [0, 0.05) is 74.8 Å². The fourth-order valence-corrected chi connectivity index (χ4v) is 8.77. The van der Waals surface area contributed by atoms with Crippen molar-refractivity contribution in [1.82, 2.24) is 19.9 Å². The first-order valence-corrected chi connectivity index (χ1v) is 18.5. The molecule has 1 aromatic carbocycles. The number of hydrogen-bond acceptors (Lipinski definition) is 7. The molecular formula is C39H48F6N6O. The molecule has 4 aliphatic rings. The average Bonchev–Trinajstić information content (AvgIpc) is 3.10. The molecule has 2 aliphatic heterocycles. The summed E-state index contributed by atoms with van der Waals surface area (Å²) in [4.78, 5) is 21.2.